The van der Waals surface area contributed by atoms with Crippen LogP contribution >= 0.6 is 0 Å². The Hall–Kier alpha value is -1.39. The molecule has 114 valence electrons. The molecule has 0 fully saturated rings. The van der Waals surface area contributed by atoms with E-state index >= 15 is 0 Å². The Morgan fingerprint density at radius 2 is 1.86 bits per heavy atom. The van der Waals surface area contributed by atoms with E-state index in [4.69, 9.17) is 0 Å². The molecule has 0 aliphatic carbocycles. The first kappa shape index (κ1) is 16.0. The summed E-state index contributed by atoms with van der Waals surface area (Å²) < 4.78 is 32.6. The monoisotopic (exact) mass is 306 g/mol. The van der Waals surface area contributed by atoms with E-state index in [2.05, 4.69) is 26.0 Å². The van der Waals surface area contributed by atoms with Crippen molar-refractivity contribution in [3.63, 3.8) is 0 Å². The number of hydrogen-bond acceptors (Lipinski definition) is 2. The maximum atomic E-state index is 11.6. The Morgan fingerprint density at radius 1 is 1.19 bits per heavy atom. The quantitative estimate of drug-likeness (QED) is 0.848. The Morgan fingerprint density at radius 3 is 2.38 bits per heavy atom. The normalized spacial score (nSPS) is 13.6. The molecule has 2 aromatic carbocycles. The summed E-state index contributed by atoms with van der Waals surface area (Å²) >= 11 is 0. The van der Waals surface area contributed by atoms with Crippen LogP contribution in [-0.4, -0.2) is 13.0 Å². The summed E-state index contributed by atoms with van der Waals surface area (Å²) in [5.74, 6) is 0.426. The third kappa shape index (κ3) is 2.97. The molecule has 0 saturated heterocycles. The first-order valence-corrected chi connectivity index (χ1v) is 8.77. The van der Waals surface area contributed by atoms with E-state index in [1.165, 1.54) is 5.56 Å². The minimum Gasteiger partial charge on any atom is -0.282 e. The molecule has 1 atom stereocenters. The van der Waals surface area contributed by atoms with Crippen molar-refractivity contribution in [3.05, 3.63) is 41.0 Å². The number of fused-ring (bicyclic) bond motifs is 1. The summed E-state index contributed by atoms with van der Waals surface area (Å²) in [6.45, 7) is 8.03. The highest BCUT2D eigenvalue weighted by atomic mass is 32.2. The molecule has 0 radical (unpaired) electrons. The SMILES string of the molecule is CCc1c(C)c(S(=O)(=O)O)cc2cc(C(C)CC)ccc12. The van der Waals surface area contributed by atoms with E-state index in [-0.39, 0.29) is 4.90 Å². The van der Waals surface area contributed by atoms with Gasteiger partial charge in [-0.05, 0) is 59.2 Å². The lowest BCUT2D eigenvalue weighted by molar-refractivity contribution is 0.482. The molecular formula is C17H22O3S. The standard InChI is InChI=1S/C17H22O3S/c1-5-11(3)13-7-8-16-14(9-13)10-17(21(18,19)20)12(4)15(16)6-2/h7-11H,5-6H2,1-4H3,(H,18,19,20). The molecule has 3 nitrogen and oxygen atoms in total. The van der Waals surface area contributed by atoms with Crippen molar-refractivity contribution in [3.8, 4) is 0 Å². The highest BCUT2D eigenvalue weighted by Gasteiger charge is 2.18. The molecule has 0 bridgehead atoms. The highest BCUT2D eigenvalue weighted by molar-refractivity contribution is 7.85. The van der Waals surface area contributed by atoms with Gasteiger partial charge in [-0.1, -0.05) is 39.0 Å². The van der Waals surface area contributed by atoms with Crippen LogP contribution in [0.1, 0.15) is 49.8 Å². The molecule has 0 aromatic heterocycles. The van der Waals surface area contributed by atoms with Crippen LogP contribution < -0.4 is 0 Å². The van der Waals surface area contributed by atoms with Crippen LogP contribution in [0.4, 0.5) is 0 Å². The fourth-order valence-corrected chi connectivity index (χ4v) is 3.63. The number of rotatable bonds is 4. The van der Waals surface area contributed by atoms with Crippen LogP contribution in [0.15, 0.2) is 29.2 Å². The average molecular weight is 306 g/mol. The number of aryl methyl sites for hydroxylation is 1. The second-order valence-corrected chi connectivity index (χ2v) is 6.99. The molecule has 21 heavy (non-hydrogen) atoms. The summed E-state index contributed by atoms with van der Waals surface area (Å²) in [5.41, 5.74) is 2.82. The Kier molecular flexibility index (Phi) is 4.40. The van der Waals surface area contributed by atoms with Crippen LogP contribution in [0, 0.1) is 6.92 Å². The molecule has 1 unspecified atom stereocenters. The zero-order valence-corrected chi connectivity index (χ0v) is 13.8. The lowest BCUT2D eigenvalue weighted by Gasteiger charge is -2.15. The van der Waals surface area contributed by atoms with Gasteiger partial charge in [0.2, 0.25) is 0 Å². The van der Waals surface area contributed by atoms with Gasteiger partial charge in [-0.25, -0.2) is 0 Å². The fraction of sp³-hybridized carbons (Fsp3) is 0.412. The van der Waals surface area contributed by atoms with Crippen molar-refractivity contribution in [1.29, 1.82) is 0 Å². The average Bonchev–Trinajstić information content (AvgIpc) is 2.44. The van der Waals surface area contributed by atoms with Gasteiger partial charge in [0.1, 0.15) is 0 Å². The third-order valence-corrected chi connectivity index (χ3v) is 5.30. The maximum absolute atomic E-state index is 11.6. The van der Waals surface area contributed by atoms with Gasteiger partial charge >= 0.3 is 0 Å². The van der Waals surface area contributed by atoms with Crippen molar-refractivity contribution < 1.29 is 13.0 Å². The van der Waals surface area contributed by atoms with Gasteiger partial charge < -0.3 is 0 Å². The van der Waals surface area contributed by atoms with E-state index < -0.39 is 10.1 Å². The van der Waals surface area contributed by atoms with Gasteiger partial charge in [0.15, 0.2) is 0 Å². The Balaban J connectivity index is 2.82. The molecule has 2 aromatic rings. The molecule has 0 aliphatic heterocycles. The zero-order chi connectivity index (χ0) is 15.8. The molecule has 0 heterocycles. The minimum atomic E-state index is -4.20. The third-order valence-electron chi connectivity index (χ3n) is 4.32. The zero-order valence-electron chi connectivity index (χ0n) is 13.0. The van der Waals surface area contributed by atoms with Crippen LogP contribution in [0.2, 0.25) is 0 Å². The van der Waals surface area contributed by atoms with E-state index in [1.807, 2.05) is 13.0 Å². The molecule has 4 heteroatoms. The fourth-order valence-electron chi connectivity index (χ4n) is 2.84. The van der Waals surface area contributed by atoms with Crippen molar-refractivity contribution in [2.45, 2.75) is 51.3 Å². The van der Waals surface area contributed by atoms with E-state index in [9.17, 15) is 13.0 Å². The van der Waals surface area contributed by atoms with Crippen LogP contribution in [-0.2, 0) is 16.5 Å². The lowest BCUT2D eigenvalue weighted by atomic mass is 9.92. The predicted octanol–water partition coefficient (Wildman–Crippen LogP) is 4.47. The van der Waals surface area contributed by atoms with Gasteiger partial charge in [-0.3, -0.25) is 4.55 Å². The number of hydrogen-bond donors (Lipinski definition) is 1. The van der Waals surface area contributed by atoms with Crippen LogP contribution in [0.25, 0.3) is 10.8 Å². The van der Waals surface area contributed by atoms with Crippen molar-refractivity contribution in [2.24, 2.45) is 0 Å². The molecule has 0 amide bonds. The Bertz CT molecular complexity index is 776. The lowest BCUT2D eigenvalue weighted by Crippen LogP contribution is -2.04. The van der Waals surface area contributed by atoms with Gasteiger partial charge in [0.05, 0.1) is 4.90 Å². The summed E-state index contributed by atoms with van der Waals surface area (Å²) in [5, 5.41) is 1.94. The molecular weight excluding hydrogens is 284 g/mol. The van der Waals surface area contributed by atoms with Crippen molar-refractivity contribution >= 4 is 20.9 Å². The van der Waals surface area contributed by atoms with Crippen molar-refractivity contribution in [2.75, 3.05) is 0 Å². The maximum Gasteiger partial charge on any atom is 0.294 e. The van der Waals surface area contributed by atoms with E-state index in [0.29, 0.717) is 11.5 Å². The summed E-state index contributed by atoms with van der Waals surface area (Å²) in [4.78, 5) is 0.0214. The number of benzene rings is 2. The summed E-state index contributed by atoms with van der Waals surface area (Å²) in [7, 11) is -4.20. The van der Waals surface area contributed by atoms with Crippen molar-refractivity contribution in [1.82, 2.24) is 0 Å². The van der Waals surface area contributed by atoms with E-state index in [1.54, 1.807) is 13.0 Å². The second kappa shape index (κ2) is 5.78. The summed E-state index contributed by atoms with van der Waals surface area (Å²) in [6.07, 6.45) is 1.76. The first-order chi connectivity index (χ1) is 9.79. The van der Waals surface area contributed by atoms with Gasteiger partial charge in [-0.15, -0.1) is 0 Å². The summed E-state index contributed by atoms with van der Waals surface area (Å²) in [6, 6.07) is 7.81. The van der Waals surface area contributed by atoms with Gasteiger partial charge in [0, 0.05) is 0 Å². The molecule has 0 spiro atoms. The van der Waals surface area contributed by atoms with Gasteiger partial charge in [-0.2, -0.15) is 8.42 Å². The molecule has 0 saturated carbocycles. The smallest absolute Gasteiger partial charge is 0.282 e. The van der Waals surface area contributed by atoms with Crippen LogP contribution in [0.5, 0.6) is 0 Å². The largest absolute Gasteiger partial charge is 0.294 e. The Labute approximate surface area is 126 Å². The predicted molar refractivity (Wildman–Crippen MR) is 86.6 cm³/mol. The van der Waals surface area contributed by atoms with Crippen LogP contribution in [0.3, 0.4) is 0 Å². The first-order valence-electron chi connectivity index (χ1n) is 7.33. The second-order valence-electron chi connectivity index (χ2n) is 5.60. The van der Waals surface area contributed by atoms with Gasteiger partial charge in [0.25, 0.3) is 10.1 Å². The van der Waals surface area contributed by atoms with E-state index in [0.717, 1.165) is 29.2 Å². The molecule has 1 N–H and O–H groups in total. The molecule has 0 aliphatic rings. The highest BCUT2D eigenvalue weighted by Crippen LogP contribution is 2.31. The molecule has 2 rings (SSSR count). The topological polar surface area (TPSA) is 54.4 Å². The minimum absolute atomic E-state index is 0.0214.